The summed E-state index contributed by atoms with van der Waals surface area (Å²) in [5, 5.41) is 16.7. The number of aryl methyl sites for hydroxylation is 1. The summed E-state index contributed by atoms with van der Waals surface area (Å²) in [6.07, 6.45) is 1.72. The molecule has 0 spiro atoms. The highest BCUT2D eigenvalue weighted by molar-refractivity contribution is 7.80. The molecule has 1 aromatic rings. The molecule has 0 aliphatic carbocycles. The molecule has 0 aliphatic heterocycles. The molecule has 0 bridgehead atoms. The van der Waals surface area contributed by atoms with Gasteiger partial charge in [-0.25, -0.2) is 0 Å². The van der Waals surface area contributed by atoms with Crippen LogP contribution >= 0.6 is 12.6 Å². The summed E-state index contributed by atoms with van der Waals surface area (Å²) < 4.78 is 1.37. The average Bonchev–Trinajstić information content (AvgIpc) is 2.72. The molecule has 16 heavy (non-hydrogen) atoms. The molecular formula is C8H12N4O3S. The van der Waals surface area contributed by atoms with E-state index in [9.17, 15) is 14.9 Å². The number of carbonyl (C=O) groups is 1. The summed E-state index contributed by atoms with van der Waals surface area (Å²) in [6, 6.07) is 1.30. The standard InChI is InChI=1S/C8H12N4O3S/c13-8(9-3-6-16)2-5-11-4-1-7(10-11)12(14)15/h1,4,16H,2-3,5-6H2,(H,9,13). The topological polar surface area (TPSA) is 90.1 Å². The molecular weight excluding hydrogens is 232 g/mol. The molecule has 1 heterocycles. The summed E-state index contributed by atoms with van der Waals surface area (Å²) in [4.78, 5) is 21.0. The van der Waals surface area contributed by atoms with Crippen molar-refractivity contribution in [2.24, 2.45) is 0 Å². The first-order valence-corrected chi connectivity index (χ1v) is 5.32. The van der Waals surface area contributed by atoms with Gasteiger partial charge in [0.25, 0.3) is 0 Å². The minimum absolute atomic E-state index is 0.118. The van der Waals surface area contributed by atoms with Crippen molar-refractivity contribution in [3.63, 3.8) is 0 Å². The molecule has 7 nitrogen and oxygen atoms in total. The van der Waals surface area contributed by atoms with Gasteiger partial charge in [0.15, 0.2) is 0 Å². The van der Waals surface area contributed by atoms with E-state index in [2.05, 4.69) is 23.0 Å². The van der Waals surface area contributed by atoms with Crippen LogP contribution in [0.2, 0.25) is 0 Å². The van der Waals surface area contributed by atoms with Crippen LogP contribution in [0.15, 0.2) is 12.3 Å². The second-order valence-electron chi connectivity index (χ2n) is 3.02. The van der Waals surface area contributed by atoms with Crippen LogP contribution in [0.4, 0.5) is 5.82 Å². The van der Waals surface area contributed by atoms with E-state index in [0.29, 0.717) is 18.8 Å². The lowest BCUT2D eigenvalue weighted by molar-refractivity contribution is -0.389. The third-order valence-electron chi connectivity index (χ3n) is 1.82. The van der Waals surface area contributed by atoms with E-state index in [1.165, 1.54) is 16.9 Å². The van der Waals surface area contributed by atoms with Crippen molar-refractivity contribution < 1.29 is 9.72 Å². The lowest BCUT2D eigenvalue weighted by atomic mass is 10.4. The Labute approximate surface area is 97.4 Å². The van der Waals surface area contributed by atoms with Crippen LogP contribution in [0.5, 0.6) is 0 Å². The number of rotatable bonds is 6. The second kappa shape index (κ2) is 6.11. The number of carbonyl (C=O) groups excluding carboxylic acids is 1. The van der Waals surface area contributed by atoms with Crippen LogP contribution in [0.1, 0.15) is 6.42 Å². The maximum absolute atomic E-state index is 11.2. The van der Waals surface area contributed by atoms with Gasteiger partial charge >= 0.3 is 5.82 Å². The van der Waals surface area contributed by atoms with Crippen molar-refractivity contribution in [1.29, 1.82) is 0 Å². The molecule has 1 rings (SSSR count). The average molecular weight is 244 g/mol. The summed E-state index contributed by atoms with van der Waals surface area (Å²) in [5.74, 6) is 0.252. The van der Waals surface area contributed by atoms with Gasteiger partial charge in [0, 0.05) is 18.7 Å². The predicted molar refractivity (Wildman–Crippen MR) is 60.4 cm³/mol. The maximum Gasteiger partial charge on any atom is 0.389 e. The van der Waals surface area contributed by atoms with Crippen LogP contribution in [0.3, 0.4) is 0 Å². The molecule has 0 aliphatic rings. The van der Waals surface area contributed by atoms with E-state index in [1.54, 1.807) is 0 Å². The number of hydrogen-bond donors (Lipinski definition) is 2. The molecule has 0 atom stereocenters. The number of nitrogens with zero attached hydrogens (tertiary/aromatic N) is 3. The number of nitrogens with one attached hydrogen (secondary N) is 1. The molecule has 1 N–H and O–H groups in total. The summed E-state index contributed by atoms with van der Waals surface area (Å²) >= 11 is 3.95. The Balaban J connectivity index is 2.36. The molecule has 0 aromatic carbocycles. The molecule has 1 aromatic heterocycles. The molecule has 0 fully saturated rings. The van der Waals surface area contributed by atoms with Gasteiger partial charge in [-0.05, 0) is 4.92 Å². The molecule has 1 amide bonds. The molecule has 0 saturated heterocycles. The van der Waals surface area contributed by atoms with Gasteiger partial charge in [0.05, 0.1) is 23.9 Å². The lowest BCUT2D eigenvalue weighted by Crippen LogP contribution is -2.26. The first-order valence-electron chi connectivity index (χ1n) is 4.69. The van der Waals surface area contributed by atoms with Gasteiger partial charge in [-0.3, -0.25) is 4.79 Å². The van der Waals surface area contributed by atoms with Gasteiger partial charge in [0.1, 0.15) is 0 Å². The monoisotopic (exact) mass is 244 g/mol. The highest BCUT2D eigenvalue weighted by atomic mass is 32.1. The Kier molecular flexibility index (Phi) is 4.77. The van der Waals surface area contributed by atoms with Gasteiger partial charge in [-0.15, -0.1) is 0 Å². The smallest absolute Gasteiger partial charge is 0.358 e. The van der Waals surface area contributed by atoms with Crippen LogP contribution in [-0.4, -0.2) is 32.9 Å². The summed E-state index contributed by atoms with van der Waals surface area (Å²) in [7, 11) is 0. The largest absolute Gasteiger partial charge is 0.389 e. The normalized spacial score (nSPS) is 10.1. The zero-order valence-electron chi connectivity index (χ0n) is 8.50. The third-order valence-corrected chi connectivity index (χ3v) is 2.04. The highest BCUT2D eigenvalue weighted by Gasteiger charge is 2.11. The van der Waals surface area contributed by atoms with E-state index >= 15 is 0 Å². The van der Waals surface area contributed by atoms with E-state index in [-0.39, 0.29) is 18.1 Å². The van der Waals surface area contributed by atoms with Crippen molar-refractivity contribution in [1.82, 2.24) is 15.1 Å². The van der Waals surface area contributed by atoms with E-state index in [0.717, 1.165) is 0 Å². The number of hydrogen-bond acceptors (Lipinski definition) is 5. The number of aromatic nitrogens is 2. The SMILES string of the molecule is O=C(CCn1ccc([N+](=O)[O-])n1)NCCS. The predicted octanol–water partition coefficient (Wildman–Crippen LogP) is 0.227. The van der Waals surface area contributed by atoms with Crippen LogP contribution in [-0.2, 0) is 11.3 Å². The summed E-state index contributed by atoms with van der Waals surface area (Å²) in [5.41, 5.74) is 0. The quantitative estimate of drug-likeness (QED) is 0.426. The van der Waals surface area contributed by atoms with Crippen LogP contribution < -0.4 is 5.32 Å². The van der Waals surface area contributed by atoms with E-state index < -0.39 is 4.92 Å². The van der Waals surface area contributed by atoms with Crippen molar-refractivity contribution in [3.05, 3.63) is 22.4 Å². The van der Waals surface area contributed by atoms with Crippen molar-refractivity contribution >= 4 is 24.4 Å². The fourth-order valence-corrected chi connectivity index (χ4v) is 1.18. The molecule has 0 radical (unpaired) electrons. The van der Waals surface area contributed by atoms with Gasteiger partial charge in [-0.1, -0.05) is 0 Å². The Hall–Kier alpha value is -1.57. The minimum Gasteiger partial charge on any atom is -0.358 e. The summed E-state index contributed by atoms with van der Waals surface area (Å²) in [6.45, 7) is 0.841. The zero-order valence-corrected chi connectivity index (χ0v) is 9.39. The Bertz CT molecular complexity index is 379. The van der Waals surface area contributed by atoms with E-state index in [1.807, 2.05) is 0 Å². The van der Waals surface area contributed by atoms with Crippen molar-refractivity contribution in [2.45, 2.75) is 13.0 Å². The number of thiol groups is 1. The molecule has 0 saturated carbocycles. The van der Waals surface area contributed by atoms with Gasteiger partial charge in [-0.2, -0.15) is 17.3 Å². The van der Waals surface area contributed by atoms with E-state index in [4.69, 9.17) is 0 Å². The Morgan fingerprint density at radius 3 is 3.00 bits per heavy atom. The molecule has 0 unspecified atom stereocenters. The van der Waals surface area contributed by atoms with Crippen molar-refractivity contribution in [2.75, 3.05) is 12.3 Å². The van der Waals surface area contributed by atoms with Gasteiger partial charge < -0.3 is 15.4 Å². The molecule has 8 heteroatoms. The Morgan fingerprint density at radius 2 is 2.44 bits per heavy atom. The zero-order chi connectivity index (χ0) is 12.0. The second-order valence-corrected chi connectivity index (χ2v) is 3.46. The highest BCUT2D eigenvalue weighted by Crippen LogP contribution is 2.05. The molecule has 88 valence electrons. The van der Waals surface area contributed by atoms with Crippen LogP contribution in [0.25, 0.3) is 0 Å². The number of amides is 1. The van der Waals surface area contributed by atoms with Crippen LogP contribution in [0, 0.1) is 10.1 Å². The fourth-order valence-electron chi connectivity index (χ4n) is 1.07. The number of nitro groups is 1. The van der Waals surface area contributed by atoms with Crippen molar-refractivity contribution in [3.8, 4) is 0 Å². The first-order chi connectivity index (χ1) is 7.63. The third kappa shape index (κ3) is 3.89. The first kappa shape index (κ1) is 12.5. The fraction of sp³-hybridized carbons (Fsp3) is 0.500. The maximum atomic E-state index is 11.2. The minimum atomic E-state index is -0.572. The Morgan fingerprint density at radius 1 is 1.69 bits per heavy atom. The van der Waals surface area contributed by atoms with Gasteiger partial charge in [0.2, 0.25) is 5.91 Å². The lowest BCUT2D eigenvalue weighted by Gasteiger charge is -2.01.